The van der Waals surface area contributed by atoms with Crippen LogP contribution in [-0.2, 0) is 0 Å². The lowest BCUT2D eigenvalue weighted by Gasteiger charge is -2.40. The molecular formula is C26H19F5N6O2S. The number of pyridine rings is 1. The van der Waals surface area contributed by atoms with E-state index in [1.54, 1.807) is 52.1 Å². The first-order valence-corrected chi connectivity index (χ1v) is 13.3. The first-order valence-electron chi connectivity index (χ1n) is 11.4. The van der Waals surface area contributed by atoms with Crippen LogP contribution in [0, 0.1) is 0 Å². The second kappa shape index (κ2) is 8.51. The molecule has 0 saturated carbocycles. The van der Waals surface area contributed by atoms with Crippen LogP contribution < -0.4 is 11.1 Å². The largest absolute Gasteiger partial charge is 0.366 e. The standard InChI is InChI=1S/C26H19F5N6O2S/c1-2-16-5-6-20(34-26(39)19-10-18(25(32)38)11-21(12-19)40(27,28,29,30)31)13-23(16)36-8-9-37-24(36)14-22(35-37)17-4-3-7-33-15-17/h2-15H,1H2,(H2,32,38)(H,34,39). The van der Waals surface area contributed by atoms with E-state index in [-0.39, 0.29) is 17.8 Å². The van der Waals surface area contributed by atoms with Crippen LogP contribution in [0.25, 0.3) is 28.7 Å². The smallest absolute Gasteiger partial charge is 0.310 e. The zero-order valence-corrected chi connectivity index (χ0v) is 21.1. The van der Waals surface area contributed by atoms with Crippen LogP contribution in [0.3, 0.4) is 0 Å². The maximum absolute atomic E-state index is 13.5. The summed E-state index contributed by atoms with van der Waals surface area (Å²) in [6.45, 7) is 3.79. The van der Waals surface area contributed by atoms with Crippen LogP contribution in [-0.4, -0.2) is 31.0 Å². The number of primary amides is 1. The van der Waals surface area contributed by atoms with E-state index in [0.29, 0.717) is 28.7 Å². The fourth-order valence-electron chi connectivity index (χ4n) is 4.04. The van der Waals surface area contributed by atoms with Gasteiger partial charge >= 0.3 is 10.2 Å². The molecule has 40 heavy (non-hydrogen) atoms. The van der Waals surface area contributed by atoms with Crippen molar-refractivity contribution in [3.63, 3.8) is 0 Å². The summed E-state index contributed by atoms with van der Waals surface area (Å²) < 4.78 is 70.8. The molecule has 3 N–H and O–H groups in total. The highest BCUT2D eigenvalue weighted by Gasteiger charge is 2.65. The second-order valence-electron chi connectivity index (χ2n) is 8.75. The van der Waals surface area contributed by atoms with Crippen molar-refractivity contribution in [3.05, 3.63) is 103 Å². The number of carbonyl (C=O) groups excluding carboxylic acids is 2. The third kappa shape index (κ3) is 5.16. The number of halogens is 5. The number of amides is 2. The van der Waals surface area contributed by atoms with Gasteiger partial charge in [0, 0.05) is 53.2 Å². The second-order valence-corrected chi connectivity index (χ2v) is 11.2. The van der Waals surface area contributed by atoms with E-state index in [9.17, 15) is 29.0 Å². The molecule has 14 heteroatoms. The van der Waals surface area contributed by atoms with Gasteiger partial charge in [-0.3, -0.25) is 19.1 Å². The maximum Gasteiger partial charge on any atom is 0.310 e. The topological polar surface area (TPSA) is 107 Å². The van der Waals surface area contributed by atoms with Crippen molar-refractivity contribution >= 4 is 39.4 Å². The summed E-state index contributed by atoms with van der Waals surface area (Å²) in [6, 6.07) is 10.7. The Bertz CT molecular complexity index is 1830. The highest BCUT2D eigenvalue weighted by Crippen LogP contribution is 3.02. The Balaban J connectivity index is 1.53. The van der Waals surface area contributed by atoms with Gasteiger partial charge in [0.15, 0.2) is 0 Å². The predicted octanol–water partition coefficient (Wildman–Crippen LogP) is 6.84. The number of nitrogens with one attached hydrogen (secondary N) is 1. The van der Waals surface area contributed by atoms with Gasteiger partial charge < -0.3 is 11.1 Å². The van der Waals surface area contributed by atoms with Crippen LogP contribution in [0.2, 0.25) is 0 Å². The summed E-state index contributed by atoms with van der Waals surface area (Å²) in [7, 11) is -10.2. The molecule has 0 radical (unpaired) electrons. The van der Waals surface area contributed by atoms with Crippen molar-refractivity contribution in [2.45, 2.75) is 4.90 Å². The van der Waals surface area contributed by atoms with E-state index in [0.717, 1.165) is 5.56 Å². The molecule has 5 aromatic rings. The van der Waals surface area contributed by atoms with Crippen LogP contribution in [0.4, 0.5) is 25.1 Å². The number of imidazole rings is 1. The summed E-state index contributed by atoms with van der Waals surface area (Å²) in [5.74, 6) is -2.57. The van der Waals surface area contributed by atoms with Gasteiger partial charge in [-0.05, 0) is 48.0 Å². The molecule has 2 amide bonds. The molecule has 0 unspecified atom stereocenters. The molecule has 0 aliphatic carbocycles. The number of rotatable bonds is 7. The molecule has 3 heterocycles. The zero-order valence-electron chi connectivity index (χ0n) is 20.3. The molecular weight excluding hydrogens is 555 g/mol. The van der Waals surface area contributed by atoms with Crippen LogP contribution in [0.1, 0.15) is 26.3 Å². The number of hydrogen-bond donors (Lipinski definition) is 2. The van der Waals surface area contributed by atoms with Crippen molar-refractivity contribution in [1.29, 1.82) is 0 Å². The quantitative estimate of drug-likeness (QED) is 0.208. The number of aromatic nitrogens is 4. The molecule has 0 spiro atoms. The van der Waals surface area contributed by atoms with E-state index in [1.165, 1.54) is 12.1 Å². The molecule has 3 aromatic heterocycles. The van der Waals surface area contributed by atoms with Gasteiger partial charge in [0.05, 0.1) is 11.4 Å². The average molecular weight is 575 g/mol. The normalized spacial score (nSPS) is 13.4. The number of fused-ring (bicyclic) bond motifs is 1. The maximum atomic E-state index is 13.5. The van der Waals surface area contributed by atoms with Crippen molar-refractivity contribution < 1.29 is 29.0 Å². The molecule has 5 rings (SSSR count). The van der Waals surface area contributed by atoms with Crippen LogP contribution in [0.15, 0.2) is 90.9 Å². The van der Waals surface area contributed by atoms with Crippen LogP contribution in [0.5, 0.6) is 0 Å². The lowest BCUT2D eigenvalue weighted by atomic mass is 10.1. The number of carbonyl (C=O) groups is 2. The summed E-state index contributed by atoms with van der Waals surface area (Å²) >= 11 is 0. The molecule has 0 aliphatic rings. The van der Waals surface area contributed by atoms with Gasteiger partial charge in [-0.2, -0.15) is 5.10 Å². The molecule has 2 aromatic carbocycles. The molecule has 0 saturated heterocycles. The number of hydrogen-bond acceptors (Lipinski definition) is 4. The summed E-state index contributed by atoms with van der Waals surface area (Å²) in [5.41, 5.74) is 6.68. The van der Waals surface area contributed by atoms with E-state index >= 15 is 0 Å². The molecule has 0 atom stereocenters. The van der Waals surface area contributed by atoms with E-state index in [4.69, 9.17) is 5.73 Å². The lowest BCUT2D eigenvalue weighted by Crippen LogP contribution is -2.18. The highest BCUT2D eigenvalue weighted by atomic mass is 32.5. The van der Waals surface area contributed by atoms with Gasteiger partial charge in [-0.15, -0.1) is 0 Å². The van der Waals surface area contributed by atoms with Gasteiger partial charge in [0.2, 0.25) is 5.91 Å². The Labute approximate surface area is 223 Å². The van der Waals surface area contributed by atoms with Crippen molar-refractivity contribution in [2.75, 3.05) is 5.32 Å². The van der Waals surface area contributed by atoms with Crippen LogP contribution >= 0.6 is 10.2 Å². The van der Waals surface area contributed by atoms with Gasteiger partial charge in [0.25, 0.3) is 5.91 Å². The summed E-state index contributed by atoms with van der Waals surface area (Å²) in [4.78, 5) is 26.1. The first-order chi connectivity index (χ1) is 18.6. The molecule has 206 valence electrons. The monoisotopic (exact) mass is 574 g/mol. The fourth-order valence-corrected chi connectivity index (χ4v) is 4.74. The molecule has 0 bridgehead atoms. The van der Waals surface area contributed by atoms with Crippen molar-refractivity contribution in [2.24, 2.45) is 5.73 Å². The minimum absolute atomic E-state index is 0.00984. The van der Waals surface area contributed by atoms with Gasteiger partial charge in [-0.25, -0.2) is 4.52 Å². The number of nitrogens with two attached hydrogens (primary N) is 1. The fraction of sp³-hybridized carbons (Fsp3) is 0. The SMILES string of the molecule is C=Cc1ccc(NC(=O)c2cc(C(N)=O)cc(S(F)(F)(F)(F)F)c2)cc1-n1ccn2nc(-c3cccnc3)cc12. The Hall–Kier alpha value is -4.98. The predicted molar refractivity (Wildman–Crippen MR) is 142 cm³/mol. The minimum atomic E-state index is -10.2. The molecule has 0 fully saturated rings. The third-order valence-electron chi connectivity index (χ3n) is 5.94. The zero-order chi connectivity index (χ0) is 28.9. The highest BCUT2D eigenvalue weighted by molar-refractivity contribution is 8.45. The Morgan fingerprint density at radius 3 is 2.38 bits per heavy atom. The number of nitrogens with zero attached hydrogens (tertiary/aromatic N) is 4. The molecule has 8 nitrogen and oxygen atoms in total. The summed E-state index contributed by atoms with van der Waals surface area (Å²) in [6.07, 6.45) is 8.26. The Morgan fingerprint density at radius 2 is 1.73 bits per heavy atom. The minimum Gasteiger partial charge on any atom is -0.366 e. The van der Waals surface area contributed by atoms with E-state index in [1.807, 2.05) is 12.1 Å². The average Bonchev–Trinajstić information content (AvgIpc) is 3.49. The number of benzene rings is 2. The lowest BCUT2D eigenvalue weighted by molar-refractivity contribution is 0.1000. The van der Waals surface area contributed by atoms with Crippen molar-refractivity contribution in [3.8, 4) is 16.9 Å². The molecule has 0 aliphatic heterocycles. The van der Waals surface area contributed by atoms with E-state index < -0.39 is 38.1 Å². The Morgan fingerprint density at radius 1 is 0.975 bits per heavy atom. The summed E-state index contributed by atoms with van der Waals surface area (Å²) in [5, 5.41) is 6.92. The Kier molecular flexibility index (Phi) is 5.66. The van der Waals surface area contributed by atoms with E-state index in [2.05, 4.69) is 22.0 Å². The first kappa shape index (κ1) is 26.6. The van der Waals surface area contributed by atoms with Gasteiger partial charge in [0.1, 0.15) is 10.5 Å². The van der Waals surface area contributed by atoms with Crippen molar-refractivity contribution in [1.82, 2.24) is 19.2 Å². The number of anilines is 1. The third-order valence-corrected chi connectivity index (χ3v) is 7.07. The van der Waals surface area contributed by atoms with Gasteiger partial charge in [-0.1, -0.05) is 38.2 Å².